The maximum Gasteiger partial charge on any atom is 0.328 e. The molecule has 0 aliphatic heterocycles. The fraction of sp³-hybridized carbons (Fsp3) is 0.0667. The van der Waals surface area contributed by atoms with E-state index in [2.05, 4.69) is 5.32 Å². The minimum Gasteiger partial charge on any atom is -0.497 e. The summed E-state index contributed by atoms with van der Waals surface area (Å²) < 4.78 is 5.09. The normalized spacial score (nSPS) is 10.5. The van der Waals surface area contributed by atoms with E-state index in [1.54, 1.807) is 42.8 Å². The van der Waals surface area contributed by atoms with Gasteiger partial charge in [0.05, 0.1) is 12.7 Å². The Labute approximate surface area is 125 Å². The van der Waals surface area contributed by atoms with Crippen LogP contribution < -0.4 is 10.1 Å². The second-order valence-electron chi connectivity index (χ2n) is 4.10. The van der Waals surface area contributed by atoms with E-state index in [0.717, 1.165) is 6.08 Å². The molecule has 0 atom stereocenters. The number of anilines is 1. The number of hydrogen-bond acceptors (Lipinski definition) is 4. The van der Waals surface area contributed by atoms with Crippen LogP contribution in [0.5, 0.6) is 5.75 Å². The van der Waals surface area contributed by atoms with Crippen molar-refractivity contribution >= 4 is 35.0 Å². The van der Waals surface area contributed by atoms with Gasteiger partial charge in [0, 0.05) is 28.1 Å². The Balaban J connectivity index is 2.08. The summed E-state index contributed by atoms with van der Waals surface area (Å²) in [5, 5.41) is 13.0. The third-order valence-electron chi connectivity index (χ3n) is 2.60. The molecule has 5 nitrogen and oxygen atoms in total. The first kappa shape index (κ1) is 14.8. The Morgan fingerprint density at radius 2 is 2.14 bits per heavy atom. The van der Waals surface area contributed by atoms with Crippen LogP contribution in [-0.4, -0.2) is 24.1 Å². The minimum absolute atomic E-state index is 0.255. The Morgan fingerprint density at radius 3 is 2.86 bits per heavy atom. The third kappa shape index (κ3) is 4.19. The fourth-order valence-electron chi connectivity index (χ4n) is 1.62. The lowest BCUT2D eigenvalue weighted by Crippen LogP contribution is -2.10. The monoisotopic (exact) mass is 303 g/mol. The van der Waals surface area contributed by atoms with Gasteiger partial charge in [-0.3, -0.25) is 4.79 Å². The summed E-state index contributed by atoms with van der Waals surface area (Å²) in [7, 11) is 1.56. The molecule has 0 spiro atoms. The van der Waals surface area contributed by atoms with E-state index in [-0.39, 0.29) is 5.91 Å². The first-order valence-electron chi connectivity index (χ1n) is 6.03. The molecular weight excluding hydrogens is 290 g/mol. The second-order valence-corrected chi connectivity index (χ2v) is 5.04. The predicted octanol–water partition coefficient (Wildman–Crippen LogP) is 3.11. The minimum atomic E-state index is -1.02. The van der Waals surface area contributed by atoms with Crippen molar-refractivity contribution in [2.45, 2.75) is 0 Å². The molecule has 6 heteroatoms. The standard InChI is InChI=1S/C15H13NO4S/c1-20-12-4-2-3-11(8-12)16-15(19)10-7-13(21-9-10)5-6-14(17)18/h2-9H,1H3,(H,16,19)(H,17,18). The number of nitrogens with one attached hydrogen (secondary N) is 1. The largest absolute Gasteiger partial charge is 0.497 e. The first-order chi connectivity index (χ1) is 10.1. The summed E-state index contributed by atoms with van der Waals surface area (Å²) in [4.78, 5) is 23.2. The van der Waals surface area contributed by atoms with Gasteiger partial charge >= 0.3 is 5.97 Å². The van der Waals surface area contributed by atoms with E-state index in [1.165, 1.54) is 17.4 Å². The maximum absolute atomic E-state index is 12.1. The molecule has 21 heavy (non-hydrogen) atoms. The third-order valence-corrected chi connectivity index (χ3v) is 3.50. The molecule has 108 valence electrons. The van der Waals surface area contributed by atoms with Crippen LogP contribution in [0.15, 0.2) is 41.8 Å². The molecule has 0 saturated heterocycles. The van der Waals surface area contributed by atoms with Crippen molar-refractivity contribution in [2.24, 2.45) is 0 Å². The maximum atomic E-state index is 12.1. The molecule has 0 fully saturated rings. The van der Waals surface area contributed by atoms with Crippen LogP contribution in [-0.2, 0) is 4.79 Å². The molecule has 1 aromatic heterocycles. The molecule has 1 amide bonds. The van der Waals surface area contributed by atoms with Gasteiger partial charge in [-0.25, -0.2) is 4.79 Å². The van der Waals surface area contributed by atoms with Crippen molar-refractivity contribution in [1.29, 1.82) is 0 Å². The number of carboxylic acids is 1. The van der Waals surface area contributed by atoms with Crippen LogP contribution in [0.4, 0.5) is 5.69 Å². The second kappa shape index (κ2) is 6.71. The molecule has 1 heterocycles. The molecule has 0 aliphatic carbocycles. The zero-order valence-corrected chi connectivity index (χ0v) is 12.0. The summed E-state index contributed by atoms with van der Waals surface area (Å²) in [5.41, 5.74) is 1.11. The Bertz CT molecular complexity index is 690. The number of thiophene rings is 1. The van der Waals surface area contributed by atoms with E-state index in [4.69, 9.17) is 9.84 Å². The average Bonchev–Trinajstić information content (AvgIpc) is 2.94. The summed E-state index contributed by atoms with van der Waals surface area (Å²) >= 11 is 1.30. The number of benzene rings is 1. The Hall–Kier alpha value is -2.60. The topological polar surface area (TPSA) is 75.6 Å². The van der Waals surface area contributed by atoms with Crippen LogP contribution >= 0.6 is 11.3 Å². The highest BCUT2D eigenvalue weighted by Gasteiger charge is 2.08. The number of rotatable bonds is 5. The highest BCUT2D eigenvalue weighted by Crippen LogP contribution is 2.20. The van der Waals surface area contributed by atoms with E-state index in [9.17, 15) is 9.59 Å². The molecule has 0 radical (unpaired) electrons. The van der Waals surface area contributed by atoms with E-state index in [1.807, 2.05) is 0 Å². The quantitative estimate of drug-likeness (QED) is 0.832. The van der Waals surface area contributed by atoms with Gasteiger partial charge in [0.25, 0.3) is 5.91 Å². The summed E-state index contributed by atoms with van der Waals surface area (Å²) in [6, 6.07) is 8.69. The van der Waals surface area contributed by atoms with Crippen LogP contribution in [0.25, 0.3) is 6.08 Å². The highest BCUT2D eigenvalue weighted by molar-refractivity contribution is 7.11. The SMILES string of the molecule is COc1cccc(NC(=O)c2csc(C=CC(=O)O)c2)c1. The fourth-order valence-corrected chi connectivity index (χ4v) is 2.40. The van der Waals surface area contributed by atoms with Crippen molar-refractivity contribution in [2.75, 3.05) is 12.4 Å². The Kier molecular flexibility index (Phi) is 4.73. The average molecular weight is 303 g/mol. The van der Waals surface area contributed by atoms with Crippen molar-refractivity contribution in [1.82, 2.24) is 0 Å². The van der Waals surface area contributed by atoms with Crippen LogP contribution in [0, 0.1) is 0 Å². The number of amides is 1. The van der Waals surface area contributed by atoms with Crippen LogP contribution in [0.3, 0.4) is 0 Å². The van der Waals surface area contributed by atoms with Crippen molar-refractivity contribution in [3.8, 4) is 5.75 Å². The number of carbonyl (C=O) groups excluding carboxylic acids is 1. The number of carboxylic acid groups (broad SMARTS) is 1. The van der Waals surface area contributed by atoms with E-state index >= 15 is 0 Å². The van der Waals surface area contributed by atoms with Crippen LogP contribution in [0.1, 0.15) is 15.2 Å². The molecular formula is C15H13NO4S. The van der Waals surface area contributed by atoms with Crippen molar-refractivity contribution in [3.05, 3.63) is 52.2 Å². The van der Waals surface area contributed by atoms with Gasteiger partial charge in [0.1, 0.15) is 5.75 Å². The van der Waals surface area contributed by atoms with Gasteiger partial charge in [-0.15, -0.1) is 11.3 Å². The van der Waals surface area contributed by atoms with Crippen molar-refractivity contribution in [3.63, 3.8) is 0 Å². The summed E-state index contributed by atoms with van der Waals surface area (Å²) in [5.74, 6) is -0.622. The van der Waals surface area contributed by atoms with E-state index < -0.39 is 5.97 Å². The molecule has 2 N–H and O–H groups in total. The smallest absolute Gasteiger partial charge is 0.328 e. The summed E-state index contributed by atoms with van der Waals surface area (Å²) in [6.45, 7) is 0. The summed E-state index contributed by atoms with van der Waals surface area (Å²) in [6.07, 6.45) is 2.49. The van der Waals surface area contributed by atoms with E-state index in [0.29, 0.717) is 21.9 Å². The highest BCUT2D eigenvalue weighted by atomic mass is 32.1. The predicted molar refractivity (Wildman–Crippen MR) is 81.9 cm³/mol. The number of hydrogen-bond donors (Lipinski definition) is 2. The van der Waals surface area contributed by atoms with Crippen LogP contribution in [0.2, 0.25) is 0 Å². The lowest BCUT2D eigenvalue weighted by molar-refractivity contribution is -0.131. The number of ether oxygens (including phenoxy) is 1. The molecule has 2 aromatic rings. The number of aliphatic carboxylic acids is 1. The lowest BCUT2D eigenvalue weighted by atomic mass is 10.2. The molecule has 0 bridgehead atoms. The van der Waals surface area contributed by atoms with Gasteiger partial charge in [-0.2, -0.15) is 0 Å². The van der Waals surface area contributed by atoms with Gasteiger partial charge in [-0.05, 0) is 24.3 Å². The molecule has 1 aromatic carbocycles. The van der Waals surface area contributed by atoms with Gasteiger partial charge in [-0.1, -0.05) is 6.07 Å². The van der Waals surface area contributed by atoms with Gasteiger partial charge in [0.2, 0.25) is 0 Å². The number of methoxy groups -OCH3 is 1. The Morgan fingerprint density at radius 1 is 1.33 bits per heavy atom. The van der Waals surface area contributed by atoms with Crippen molar-refractivity contribution < 1.29 is 19.4 Å². The molecule has 0 saturated carbocycles. The number of carbonyl (C=O) groups is 2. The molecule has 2 rings (SSSR count). The first-order valence-corrected chi connectivity index (χ1v) is 6.91. The molecule has 0 aliphatic rings. The zero-order chi connectivity index (χ0) is 15.2. The lowest BCUT2D eigenvalue weighted by Gasteiger charge is -2.05. The van der Waals surface area contributed by atoms with Gasteiger partial charge < -0.3 is 15.2 Å². The molecule has 0 unspecified atom stereocenters. The van der Waals surface area contributed by atoms with Gasteiger partial charge in [0.15, 0.2) is 0 Å². The zero-order valence-electron chi connectivity index (χ0n) is 11.2.